The molecular formula is C13H19NO3S. The van der Waals surface area contributed by atoms with Gasteiger partial charge in [0.1, 0.15) is 10.6 Å². The molecule has 18 heavy (non-hydrogen) atoms. The van der Waals surface area contributed by atoms with Crippen LogP contribution in [-0.2, 0) is 10.0 Å². The fourth-order valence-electron chi connectivity index (χ4n) is 2.46. The largest absolute Gasteiger partial charge is 0.495 e. The van der Waals surface area contributed by atoms with Crippen molar-refractivity contribution in [1.82, 2.24) is 4.31 Å². The van der Waals surface area contributed by atoms with Crippen LogP contribution in [-0.4, -0.2) is 32.9 Å². The highest BCUT2D eigenvalue weighted by atomic mass is 32.2. The van der Waals surface area contributed by atoms with Gasteiger partial charge in [-0.3, -0.25) is 0 Å². The summed E-state index contributed by atoms with van der Waals surface area (Å²) in [6.07, 6.45) is 1.87. The summed E-state index contributed by atoms with van der Waals surface area (Å²) < 4.78 is 32.0. The summed E-state index contributed by atoms with van der Waals surface area (Å²) in [5, 5.41) is 0. The van der Waals surface area contributed by atoms with Crippen molar-refractivity contribution in [3.63, 3.8) is 0 Å². The second-order valence-electron chi connectivity index (χ2n) is 4.72. The summed E-state index contributed by atoms with van der Waals surface area (Å²) in [5.74, 6) is 0.444. The van der Waals surface area contributed by atoms with Crippen LogP contribution in [0.25, 0.3) is 0 Å². The predicted molar refractivity (Wildman–Crippen MR) is 70.5 cm³/mol. The number of hydrogen-bond acceptors (Lipinski definition) is 3. The molecule has 1 saturated heterocycles. The van der Waals surface area contributed by atoms with E-state index < -0.39 is 10.0 Å². The van der Waals surface area contributed by atoms with E-state index in [1.807, 2.05) is 19.9 Å². The van der Waals surface area contributed by atoms with Gasteiger partial charge in [0.05, 0.1) is 7.11 Å². The lowest BCUT2D eigenvalue weighted by Gasteiger charge is -2.19. The predicted octanol–water partition coefficient (Wildman–Crippen LogP) is 2.10. The zero-order valence-corrected chi connectivity index (χ0v) is 11.9. The first-order valence-corrected chi connectivity index (χ1v) is 7.56. The Labute approximate surface area is 109 Å². The average molecular weight is 269 g/mol. The van der Waals surface area contributed by atoms with Gasteiger partial charge < -0.3 is 4.74 Å². The quantitative estimate of drug-likeness (QED) is 0.844. The van der Waals surface area contributed by atoms with Crippen LogP contribution in [0.2, 0.25) is 0 Å². The molecule has 1 aromatic rings. The average Bonchev–Trinajstić information content (AvgIpc) is 2.81. The van der Waals surface area contributed by atoms with E-state index in [0.717, 1.165) is 24.0 Å². The molecule has 0 aliphatic carbocycles. The van der Waals surface area contributed by atoms with E-state index in [9.17, 15) is 8.42 Å². The van der Waals surface area contributed by atoms with E-state index in [0.29, 0.717) is 23.7 Å². The number of aryl methyl sites for hydroxylation is 2. The minimum atomic E-state index is -3.42. The van der Waals surface area contributed by atoms with Gasteiger partial charge >= 0.3 is 0 Å². The minimum absolute atomic E-state index is 0.317. The fraction of sp³-hybridized carbons (Fsp3) is 0.538. The van der Waals surface area contributed by atoms with E-state index in [2.05, 4.69) is 0 Å². The number of nitrogens with zero attached hydrogens (tertiary/aromatic N) is 1. The summed E-state index contributed by atoms with van der Waals surface area (Å²) in [5.41, 5.74) is 1.75. The molecule has 0 N–H and O–H groups in total. The van der Waals surface area contributed by atoms with Gasteiger partial charge in [-0.15, -0.1) is 0 Å². The van der Waals surface area contributed by atoms with Gasteiger partial charge in [0.25, 0.3) is 0 Å². The molecule has 1 aliphatic heterocycles. The van der Waals surface area contributed by atoms with E-state index in [4.69, 9.17) is 4.74 Å². The molecule has 2 rings (SSSR count). The summed E-state index contributed by atoms with van der Waals surface area (Å²) in [6.45, 7) is 4.97. The Kier molecular flexibility index (Phi) is 3.64. The third kappa shape index (κ3) is 2.24. The number of benzene rings is 1. The summed E-state index contributed by atoms with van der Waals surface area (Å²) >= 11 is 0. The lowest BCUT2D eigenvalue weighted by molar-refractivity contribution is 0.397. The Balaban J connectivity index is 2.56. The van der Waals surface area contributed by atoms with Crippen LogP contribution in [0, 0.1) is 13.8 Å². The molecule has 0 saturated carbocycles. The molecule has 1 aromatic carbocycles. The number of rotatable bonds is 3. The van der Waals surface area contributed by atoms with E-state index in [-0.39, 0.29) is 0 Å². The van der Waals surface area contributed by atoms with Crippen molar-refractivity contribution in [3.05, 3.63) is 23.3 Å². The molecule has 1 heterocycles. The Bertz CT molecular complexity index is 546. The molecule has 0 atom stereocenters. The van der Waals surface area contributed by atoms with Crippen LogP contribution in [0.4, 0.5) is 0 Å². The molecular weight excluding hydrogens is 250 g/mol. The minimum Gasteiger partial charge on any atom is -0.495 e. The highest BCUT2D eigenvalue weighted by molar-refractivity contribution is 7.89. The lowest BCUT2D eigenvalue weighted by atomic mass is 10.1. The van der Waals surface area contributed by atoms with Gasteiger partial charge in [0, 0.05) is 13.1 Å². The molecule has 4 nitrogen and oxygen atoms in total. The molecule has 5 heteroatoms. The van der Waals surface area contributed by atoms with Gasteiger partial charge in [0.2, 0.25) is 10.0 Å². The SMILES string of the molecule is COc1cc(C)cc(C)c1S(=O)(=O)N1CCCC1. The lowest BCUT2D eigenvalue weighted by Crippen LogP contribution is -2.28. The van der Waals surface area contributed by atoms with E-state index in [1.54, 1.807) is 10.4 Å². The monoisotopic (exact) mass is 269 g/mol. The van der Waals surface area contributed by atoms with Crippen LogP contribution in [0.5, 0.6) is 5.75 Å². The van der Waals surface area contributed by atoms with Crippen molar-refractivity contribution < 1.29 is 13.2 Å². The molecule has 0 bridgehead atoms. The van der Waals surface area contributed by atoms with Crippen LogP contribution < -0.4 is 4.74 Å². The van der Waals surface area contributed by atoms with Gasteiger partial charge in [-0.1, -0.05) is 6.07 Å². The molecule has 100 valence electrons. The standard InChI is InChI=1S/C13H19NO3S/c1-10-8-11(2)13(12(9-10)17-3)18(15,16)14-6-4-5-7-14/h8-9H,4-7H2,1-3H3. The van der Waals surface area contributed by atoms with Gasteiger partial charge in [0.15, 0.2) is 0 Å². The summed E-state index contributed by atoms with van der Waals surface area (Å²) in [4.78, 5) is 0.317. The van der Waals surface area contributed by atoms with Crippen molar-refractivity contribution in [3.8, 4) is 5.75 Å². The van der Waals surface area contributed by atoms with E-state index in [1.165, 1.54) is 7.11 Å². The van der Waals surface area contributed by atoms with E-state index >= 15 is 0 Å². The van der Waals surface area contributed by atoms with Crippen LogP contribution in [0.1, 0.15) is 24.0 Å². The molecule has 1 fully saturated rings. The molecule has 0 amide bonds. The summed E-state index contributed by atoms with van der Waals surface area (Å²) in [7, 11) is -1.91. The van der Waals surface area contributed by atoms with Crippen molar-refractivity contribution >= 4 is 10.0 Å². The Morgan fingerprint density at radius 2 is 1.78 bits per heavy atom. The first-order chi connectivity index (χ1) is 8.46. The Morgan fingerprint density at radius 1 is 1.17 bits per heavy atom. The maximum Gasteiger partial charge on any atom is 0.247 e. The Morgan fingerprint density at radius 3 is 2.33 bits per heavy atom. The first-order valence-electron chi connectivity index (χ1n) is 6.12. The molecule has 0 aromatic heterocycles. The molecule has 0 radical (unpaired) electrons. The summed E-state index contributed by atoms with van der Waals surface area (Å²) in [6, 6.07) is 3.65. The second-order valence-corrected chi connectivity index (χ2v) is 6.60. The van der Waals surface area contributed by atoms with Crippen molar-refractivity contribution in [2.75, 3.05) is 20.2 Å². The highest BCUT2D eigenvalue weighted by Gasteiger charge is 2.31. The van der Waals surface area contributed by atoms with Crippen LogP contribution in [0.15, 0.2) is 17.0 Å². The molecule has 0 unspecified atom stereocenters. The van der Waals surface area contributed by atoms with Gasteiger partial charge in [-0.2, -0.15) is 4.31 Å². The number of hydrogen-bond donors (Lipinski definition) is 0. The van der Waals surface area contributed by atoms with Gasteiger partial charge in [-0.25, -0.2) is 8.42 Å². The van der Waals surface area contributed by atoms with Crippen LogP contribution >= 0.6 is 0 Å². The normalized spacial score (nSPS) is 17.1. The molecule has 0 spiro atoms. The third-order valence-electron chi connectivity index (χ3n) is 3.27. The molecule has 1 aliphatic rings. The maximum absolute atomic E-state index is 12.6. The highest BCUT2D eigenvalue weighted by Crippen LogP contribution is 2.32. The third-order valence-corrected chi connectivity index (χ3v) is 5.35. The second kappa shape index (κ2) is 4.90. The Hall–Kier alpha value is -1.07. The van der Waals surface area contributed by atoms with Crippen molar-refractivity contribution in [1.29, 1.82) is 0 Å². The van der Waals surface area contributed by atoms with Crippen LogP contribution in [0.3, 0.4) is 0 Å². The van der Waals surface area contributed by atoms with Gasteiger partial charge in [-0.05, 0) is 43.9 Å². The van der Waals surface area contributed by atoms with Crippen molar-refractivity contribution in [2.45, 2.75) is 31.6 Å². The number of methoxy groups -OCH3 is 1. The first kappa shape index (κ1) is 13.4. The zero-order chi connectivity index (χ0) is 13.3. The topological polar surface area (TPSA) is 46.6 Å². The smallest absolute Gasteiger partial charge is 0.247 e. The maximum atomic E-state index is 12.6. The number of ether oxygens (including phenoxy) is 1. The zero-order valence-electron chi connectivity index (χ0n) is 11.1. The number of sulfonamides is 1. The fourth-order valence-corrected chi connectivity index (χ4v) is 4.31. The van der Waals surface area contributed by atoms with Crippen molar-refractivity contribution in [2.24, 2.45) is 0 Å².